The van der Waals surface area contributed by atoms with Gasteiger partial charge < -0.3 is 34.2 Å². The second kappa shape index (κ2) is 19.6. The molecule has 9 nitrogen and oxygen atoms in total. The van der Waals surface area contributed by atoms with E-state index in [1.54, 1.807) is 17.8 Å². The van der Waals surface area contributed by atoms with E-state index in [0.29, 0.717) is 37.3 Å². The number of aliphatic hydroxyl groups is 2. The molecule has 0 aromatic heterocycles. The average Bonchev–Trinajstić information content (AvgIpc) is 4.14. The van der Waals surface area contributed by atoms with Crippen molar-refractivity contribution in [3.05, 3.63) is 120 Å². The van der Waals surface area contributed by atoms with Crippen molar-refractivity contribution in [3.8, 4) is 17.2 Å². The molecule has 1 aliphatic heterocycles. The number of hydrogen-bond donors (Lipinski definition) is 2. The molecule has 1 amide bonds. The molecule has 6 unspecified atom stereocenters. The SMILES string of the molecule is C=CCOC12Oc3ccc(Oc4ccc(SC)cc4)cc3C3C(CCCCO)C(CCCCO)C=C(C(=NOC(C)(C)C)CC1N(Cc1cccc4ccccc14)C(=O)C1CC1)C32. The highest BCUT2D eigenvalue weighted by Crippen LogP contribution is 2.62. The molecular formula is C53H64N2O7S. The van der Waals surface area contributed by atoms with Crippen molar-refractivity contribution in [2.75, 3.05) is 26.1 Å². The Bertz CT molecular complexity index is 2290. The average molecular weight is 873 g/mol. The van der Waals surface area contributed by atoms with Gasteiger partial charge in [0.15, 0.2) is 0 Å². The summed E-state index contributed by atoms with van der Waals surface area (Å²) in [6, 6.07) is 28.3. The molecule has 0 radical (unpaired) electrons. The first kappa shape index (κ1) is 45.0. The summed E-state index contributed by atoms with van der Waals surface area (Å²) in [6.07, 6.45) is 13.1. The van der Waals surface area contributed by atoms with Crippen molar-refractivity contribution in [2.45, 2.75) is 113 Å². The maximum absolute atomic E-state index is 15.1. The molecule has 2 fully saturated rings. The predicted octanol–water partition coefficient (Wildman–Crippen LogP) is 11.2. The summed E-state index contributed by atoms with van der Waals surface area (Å²) in [5, 5.41) is 27.3. The van der Waals surface area contributed by atoms with Gasteiger partial charge >= 0.3 is 0 Å². The van der Waals surface area contributed by atoms with Crippen LogP contribution in [0.2, 0.25) is 0 Å². The number of amides is 1. The highest BCUT2D eigenvalue weighted by Gasteiger charge is 2.66. The van der Waals surface area contributed by atoms with Crippen LogP contribution in [0.25, 0.3) is 10.8 Å². The molecule has 0 spiro atoms. The second-order valence-corrected chi connectivity index (χ2v) is 19.5. The van der Waals surface area contributed by atoms with Crippen molar-refractivity contribution in [2.24, 2.45) is 28.8 Å². The summed E-state index contributed by atoms with van der Waals surface area (Å²) in [7, 11) is 0. The number of oxime groups is 1. The van der Waals surface area contributed by atoms with Crippen LogP contribution in [0.3, 0.4) is 0 Å². The fourth-order valence-corrected chi connectivity index (χ4v) is 10.6. The molecule has 6 atom stereocenters. The molecule has 4 aliphatic rings. The van der Waals surface area contributed by atoms with E-state index in [9.17, 15) is 10.2 Å². The summed E-state index contributed by atoms with van der Waals surface area (Å²) in [5.41, 5.74) is 3.32. The van der Waals surface area contributed by atoms with Crippen molar-refractivity contribution < 1.29 is 34.1 Å². The van der Waals surface area contributed by atoms with Gasteiger partial charge in [0.2, 0.25) is 11.7 Å². The molecule has 4 aromatic carbocycles. The van der Waals surface area contributed by atoms with Crippen LogP contribution in [0.4, 0.5) is 0 Å². The number of benzene rings is 4. The molecule has 0 saturated heterocycles. The highest BCUT2D eigenvalue weighted by molar-refractivity contribution is 7.98. The van der Waals surface area contributed by atoms with Crippen molar-refractivity contribution in [3.63, 3.8) is 0 Å². The standard InChI is InChI=1S/C53H64N2O7S/c1-6-30-59-53-48(55(51(58)36-20-21-36)34-38-17-13-16-35-14-7-8-18-42(35)38)33-46(54-62-52(2,3)4)44-31-37(15-9-11-28-56)43(19-10-12-29-57)49(50(44)53)45-32-40(24-27-47(45)61-53)60-39-22-25-41(63-5)26-23-39/h6-8,13-14,16-18,22-27,31-32,36-37,43,48-50,56-57H,1,9-12,15,19-21,28-30,33-34H2,2-5H3. The van der Waals surface area contributed by atoms with E-state index in [-0.39, 0.29) is 49.4 Å². The number of carbonyl (C=O) groups is 1. The minimum Gasteiger partial charge on any atom is -0.459 e. The number of unbranched alkanes of at least 4 members (excludes halogenated alkanes) is 2. The highest BCUT2D eigenvalue weighted by atomic mass is 32.2. The molecule has 1 heterocycles. The number of fused-ring (bicyclic) bond motifs is 3. The van der Waals surface area contributed by atoms with Gasteiger partial charge in [-0.05, 0) is 142 Å². The Labute approximate surface area is 377 Å². The Morgan fingerprint density at radius 2 is 1.68 bits per heavy atom. The fourth-order valence-electron chi connectivity index (χ4n) is 10.2. The monoisotopic (exact) mass is 872 g/mol. The van der Waals surface area contributed by atoms with Gasteiger partial charge in [0.05, 0.1) is 18.2 Å². The lowest BCUT2D eigenvalue weighted by atomic mass is 9.55. The summed E-state index contributed by atoms with van der Waals surface area (Å²) in [4.78, 5) is 24.7. The van der Waals surface area contributed by atoms with Crippen LogP contribution in [0.15, 0.2) is 119 Å². The van der Waals surface area contributed by atoms with Gasteiger partial charge in [-0.15, -0.1) is 18.3 Å². The number of hydrogen-bond acceptors (Lipinski definition) is 9. The number of nitrogens with zero attached hydrogens (tertiary/aromatic N) is 2. The van der Waals surface area contributed by atoms with Crippen molar-refractivity contribution in [1.29, 1.82) is 0 Å². The van der Waals surface area contributed by atoms with Gasteiger partial charge in [-0.1, -0.05) is 72.6 Å². The van der Waals surface area contributed by atoms with Crippen LogP contribution in [0.1, 0.15) is 95.6 Å². The zero-order chi connectivity index (χ0) is 44.1. The lowest BCUT2D eigenvalue weighted by molar-refractivity contribution is -0.258. The van der Waals surface area contributed by atoms with Crippen LogP contribution in [0, 0.1) is 23.7 Å². The Morgan fingerprint density at radius 3 is 2.40 bits per heavy atom. The van der Waals surface area contributed by atoms with Crippen LogP contribution >= 0.6 is 11.8 Å². The first-order chi connectivity index (χ1) is 30.6. The molecule has 3 aliphatic carbocycles. The van der Waals surface area contributed by atoms with Gasteiger partial charge in [-0.25, -0.2) is 0 Å². The Kier molecular flexibility index (Phi) is 14.0. The second-order valence-electron chi connectivity index (χ2n) is 18.6. The van der Waals surface area contributed by atoms with Crippen LogP contribution < -0.4 is 9.47 Å². The Balaban J connectivity index is 1.35. The maximum Gasteiger partial charge on any atom is 0.239 e. The quantitative estimate of drug-likeness (QED) is 0.0415. The van der Waals surface area contributed by atoms with Crippen LogP contribution in [0.5, 0.6) is 17.2 Å². The van der Waals surface area contributed by atoms with E-state index < -0.39 is 23.3 Å². The van der Waals surface area contributed by atoms with E-state index in [1.165, 1.54) is 0 Å². The van der Waals surface area contributed by atoms with Crippen molar-refractivity contribution in [1.82, 2.24) is 4.90 Å². The van der Waals surface area contributed by atoms with Gasteiger partial charge in [-0.3, -0.25) is 4.79 Å². The molecule has 2 N–H and O–H groups in total. The van der Waals surface area contributed by atoms with Crippen molar-refractivity contribution >= 4 is 34.2 Å². The molecule has 10 heteroatoms. The van der Waals surface area contributed by atoms with E-state index >= 15 is 4.79 Å². The Hall–Kier alpha value is -4.61. The zero-order valence-electron chi connectivity index (χ0n) is 37.3. The molecule has 2 saturated carbocycles. The third-order valence-corrected chi connectivity index (χ3v) is 13.9. The third kappa shape index (κ3) is 9.75. The normalized spacial score (nSPS) is 24.5. The topological polar surface area (TPSA) is 110 Å². The van der Waals surface area contributed by atoms with Crippen LogP contribution in [-0.4, -0.2) is 70.2 Å². The lowest BCUT2D eigenvalue weighted by Gasteiger charge is -2.60. The number of aliphatic hydroxyl groups excluding tert-OH is 2. The van der Waals surface area contributed by atoms with E-state index in [4.69, 9.17) is 24.2 Å². The maximum atomic E-state index is 15.1. The first-order valence-electron chi connectivity index (χ1n) is 22.9. The zero-order valence-corrected chi connectivity index (χ0v) is 38.2. The van der Waals surface area contributed by atoms with Crippen LogP contribution in [-0.2, 0) is 20.9 Å². The number of ether oxygens (including phenoxy) is 3. The molecule has 0 bridgehead atoms. The summed E-state index contributed by atoms with van der Waals surface area (Å²) >= 11 is 1.69. The fraction of sp³-hybridized carbons (Fsp3) is 0.472. The predicted molar refractivity (Wildman–Crippen MR) is 251 cm³/mol. The Morgan fingerprint density at radius 1 is 0.952 bits per heavy atom. The van der Waals surface area contributed by atoms with E-state index in [2.05, 4.69) is 78.4 Å². The third-order valence-electron chi connectivity index (χ3n) is 13.2. The van der Waals surface area contributed by atoms with Gasteiger partial charge in [0, 0.05) is 48.5 Å². The molecular weight excluding hydrogens is 809 g/mol. The number of allylic oxidation sites excluding steroid dienone is 1. The van der Waals surface area contributed by atoms with E-state index in [1.807, 2.05) is 51.1 Å². The molecule has 63 heavy (non-hydrogen) atoms. The summed E-state index contributed by atoms with van der Waals surface area (Å²) in [6.45, 7) is 10.9. The lowest BCUT2D eigenvalue weighted by Crippen LogP contribution is -2.70. The number of thioether (sulfide) groups is 1. The smallest absolute Gasteiger partial charge is 0.239 e. The van der Waals surface area contributed by atoms with Gasteiger partial charge in [0.25, 0.3) is 0 Å². The van der Waals surface area contributed by atoms with Gasteiger partial charge in [-0.2, -0.15) is 0 Å². The minimum absolute atomic E-state index is 0.0792. The number of rotatable bonds is 19. The molecule has 4 aromatic rings. The number of carbonyl (C=O) groups excluding carboxylic acids is 1. The largest absolute Gasteiger partial charge is 0.459 e. The molecule has 8 rings (SSSR count). The van der Waals surface area contributed by atoms with Gasteiger partial charge in [0.1, 0.15) is 28.9 Å². The first-order valence-corrected chi connectivity index (χ1v) is 24.2. The molecule has 334 valence electrons. The summed E-state index contributed by atoms with van der Waals surface area (Å²) < 4.78 is 21.4. The minimum atomic E-state index is -1.34. The van der Waals surface area contributed by atoms with E-state index in [0.717, 1.165) is 82.4 Å². The summed E-state index contributed by atoms with van der Waals surface area (Å²) in [5.74, 6) is 0.486.